The Kier molecular flexibility index (Phi) is 9.68. The van der Waals surface area contributed by atoms with Crippen LogP contribution in [0, 0.1) is 0 Å². The molecule has 0 aromatic heterocycles. The SMILES string of the molecule is CCCCC(CCCC)NN(C)I. The third-order valence-electron chi connectivity index (χ3n) is 2.17. The van der Waals surface area contributed by atoms with Crippen LogP contribution in [0.25, 0.3) is 0 Å². The van der Waals surface area contributed by atoms with E-state index in [1.54, 1.807) is 0 Å². The fourth-order valence-corrected chi connectivity index (χ4v) is 1.82. The number of unbranched alkanes of at least 4 members (excludes halogenated alkanes) is 2. The molecule has 3 heteroatoms. The molecule has 0 saturated heterocycles. The van der Waals surface area contributed by atoms with Crippen molar-refractivity contribution in [2.24, 2.45) is 0 Å². The van der Waals surface area contributed by atoms with Crippen LogP contribution in [0.5, 0.6) is 0 Å². The molecule has 0 atom stereocenters. The summed E-state index contributed by atoms with van der Waals surface area (Å²) in [6, 6.07) is 0.682. The fourth-order valence-electron chi connectivity index (χ4n) is 1.43. The lowest BCUT2D eigenvalue weighted by Gasteiger charge is -2.21. The average molecular weight is 298 g/mol. The summed E-state index contributed by atoms with van der Waals surface area (Å²) in [5, 5.41) is 0. The number of hydrogen-bond acceptors (Lipinski definition) is 2. The summed E-state index contributed by atoms with van der Waals surface area (Å²) in [5.41, 5.74) is 3.47. The zero-order valence-corrected chi connectivity index (χ0v) is 11.3. The summed E-state index contributed by atoms with van der Waals surface area (Å²) in [7, 11) is 2.06. The van der Waals surface area contributed by atoms with Gasteiger partial charge in [0.1, 0.15) is 0 Å². The van der Waals surface area contributed by atoms with E-state index < -0.39 is 0 Å². The van der Waals surface area contributed by atoms with Gasteiger partial charge in [-0.3, -0.25) is 0 Å². The quantitative estimate of drug-likeness (QED) is 0.419. The Bertz CT molecular complexity index is 99.1. The van der Waals surface area contributed by atoms with Gasteiger partial charge in [-0.15, -0.1) is 0 Å². The van der Waals surface area contributed by atoms with Crippen molar-refractivity contribution in [3.05, 3.63) is 0 Å². The van der Waals surface area contributed by atoms with Crippen molar-refractivity contribution < 1.29 is 0 Å². The highest BCUT2D eigenvalue weighted by Gasteiger charge is 2.07. The van der Waals surface area contributed by atoms with Crippen LogP contribution in [0.1, 0.15) is 52.4 Å². The van der Waals surface area contributed by atoms with Crippen molar-refractivity contribution in [1.82, 2.24) is 8.65 Å². The first kappa shape index (κ1) is 13.7. The van der Waals surface area contributed by atoms with Crippen molar-refractivity contribution in [1.29, 1.82) is 0 Å². The lowest BCUT2D eigenvalue weighted by molar-refractivity contribution is 0.321. The molecule has 0 bridgehead atoms. The van der Waals surface area contributed by atoms with Gasteiger partial charge in [-0.05, 0) is 12.8 Å². The van der Waals surface area contributed by atoms with Crippen LogP contribution >= 0.6 is 22.9 Å². The summed E-state index contributed by atoms with van der Waals surface area (Å²) >= 11 is 2.28. The van der Waals surface area contributed by atoms with E-state index in [-0.39, 0.29) is 0 Å². The number of hydrazine groups is 1. The third-order valence-corrected chi connectivity index (χ3v) is 2.45. The largest absolute Gasteiger partial charge is 0.243 e. The second kappa shape index (κ2) is 9.21. The topological polar surface area (TPSA) is 15.3 Å². The lowest BCUT2D eigenvalue weighted by atomic mass is 10.0. The predicted molar refractivity (Wildman–Crippen MR) is 67.8 cm³/mol. The smallest absolute Gasteiger partial charge is 0.0364 e. The number of nitrogens with zero attached hydrogens (tertiary/aromatic N) is 1. The first-order chi connectivity index (χ1) is 6.20. The molecule has 0 heterocycles. The molecular formula is C10H23IN2. The molecule has 0 fully saturated rings. The number of nitrogens with one attached hydrogen (secondary N) is 1. The van der Waals surface area contributed by atoms with E-state index in [2.05, 4.69) is 49.2 Å². The summed E-state index contributed by atoms with van der Waals surface area (Å²) in [5.74, 6) is 0. The second-order valence-corrected chi connectivity index (χ2v) is 5.03. The van der Waals surface area contributed by atoms with Gasteiger partial charge in [0.05, 0.1) is 0 Å². The molecule has 0 rings (SSSR count). The van der Waals surface area contributed by atoms with E-state index in [1.807, 2.05) is 3.22 Å². The highest BCUT2D eigenvalue weighted by atomic mass is 127. The minimum absolute atomic E-state index is 0.682. The predicted octanol–water partition coefficient (Wildman–Crippen LogP) is 3.52. The maximum absolute atomic E-state index is 3.47. The normalized spacial score (nSPS) is 11.5. The molecular weight excluding hydrogens is 275 g/mol. The Balaban J connectivity index is 3.60. The Morgan fingerprint density at radius 2 is 1.62 bits per heavy atom. The van der Waals surface area contributed by atoms with Gasteiger partial charge in [-0.25, -0.2) is 5.43 Å². The summed E-state index contributed by atoms with van der Waals surface area (Å²) in [6.45, 7) is 4.51. The Hall–Kier alpha value is 0.650. The number of rotatable bonds is 8. The molecule has 0 saturated carbocycles. The van der Waals surface area contributed by atoms with Gasteiger partial charge in [0.2, 0.25) is 0 Å². The van der Waals surface area contributed by atoms with E-state index in [0.717, 1.165) is 0 Å². The third kappa shape index (κ3) is 8.97. The first-order valence-electron chi connectivity index (χ1n) is 5.36. The number of halogens is 1. The van der Waals surface area contributed by atoms with Crippen molar-refractivity contribution >= 4 is 22.9 Å². The van der Waals surface area contributed by atoms with E-state index in [4.69, 9.17) is 0 Å². The average Bonchev–Trinajstić information content (AvgIpc) is 2.09. The van der Waals surface area contributed by atoms with Gasteiger partial charge >= 0.3 is 0 Å². The van der Waals surface area contributed by atoms with Gasteiger partial charge in [-0.2, -0.15) is 3.22 Å². The number of hydrogen-bond donors (Lipinski definition) is 1. The van der Waals surface area contributed by atoms with Crippen LogP contribution in [0.15, 0.2) is 0 Å². The monoisotopic (exact) mass is 298 g/mol. The summed E-state index contributed by atoms with van der Waals surface area (Å²) in [6.07, 6.45) is 7.90. The minimum atomic E-state index is 0.682. The van der Waals surface area contributed by atoms with Crippen molar-refractivity contribution in [3.8, 4) is 0 Å². The molecule has 0 amide bonds. The molecule has 1 N–H and O–H groups in total. The van der Waals surface area contributed by atoms with Gasteiger partial charge in [0, 0.05) is 36.0 Å². The molecule has 0 radical (unpaired) electrons. The fraction of sp³-hybridized carbons (Fsp3) is 1.00. The maximum atomic E-state index is 3.47. The molecule has 0 aromatic rings. The Labute approximate surface area is 96.9 Å². The molecule has 80 valence electrons. The van der Waals surface area contributed by atoms with E-state index in [1.165, 1.54) is 38.5 Å². The van der Waals surface area contributed by atoms with Crippen LogP contribution in [0.2, 0.25) is 0 Å². The van der Waals surface area contributed by atoms with Crippen LogP contribution < -0.4 is 5.43 Å². The van der Waals surface area contributed by atoms with Crippen LogP contribution in [-0.4, -0.2) is 16.3 Å². The van der Waals surface area contributed by atoms with Gasteiger partial charge in [0.25, 0.3) is 0 Å². The minimum Gasteiger partial charge on any atom is -0.243 e. The summed E-state index contributed by atoms with van der Waals surface area (Å²) in [4.78, 5) is 0. The molecule has 0 aromatic carbocycles. The highest BCUT2D eigenvalue weighted by molar-refractivity contribution is 14.1. The molecule has 0 unspecified atom stereocenters. The van der Waals surface area contributed by atoms with Crippen LogP contribution in [-0.2, 0) is 0 Å². The maximum Gasteiger partial charge on any atom is 0.0364 e. The molecule has 0 aliphatic rings. The van der Waals surface area contributed by atoms with Gasteiger partial charge < -0.3 is 0 Å². The zero-order valence-electron chi connectivity index (χ0n) is 9.15. The van der Waals surface area contributed by atoms with Gasteiger partial charge in [0.15, 0.2) is 0 Å². The first-order valence-corrected chi connectivity index (χ1v) is 6.32. The second-order valence-electron chi connectivity index (χ2n) is 3.59. The Morgan fingerprint density at radius 3 is 1.92 bits per heavy atom. The molecule has 0 spiro atoms. The molecule has 13 heavy (non-hydrogen) atoms. The van der Waals surface area contributed by atoms with E-state index >= 15 is 0 Å². The van der Waals surface area contributed by atoms with E-state index in [0.29, 0.717) is 6.04 Å². The van der Waals surface area contributed by atoms with Crippen molar-refractivity contribution in [2.75, 3.05) is 7.05 Å². The highest BCUT2D eigenvalue weighted by Crippen LogP contribution is 2.09. The molecule has 2 nitrogen and oxygen atoms in total. The van der Waals surface area contributed by atoms with Crippen LogP contribution in [0.4, 0.5) is 0 Å². The Morgan fingerprint density at radius 1 is 1.15 bits per heavy atom. The van der Waals surface area contributed by atoms with E-state index in [9.17, 15) is 0 Å². The van der Waals surface area contributed by atoms with Crippen molar-refractivity contribution in [2.45, 2.75) is 58.4 Å². The van der Waals surface area contributed by atoms with Gasteiger partial charge in [-0.1, -0.05) is 39.5 Å². The van der Waals surface area contributed by atoms with Crippen LogP contribution in [0.3, 0.4) is 0 Å². The zero-order chi connectivity index (χ0) is 10.1. The molecule has 0 aliphatic heterocycles. The standard InChI is InChI=1S/C10H23IN2/c1-4-6-8-10(9-7-5-2)12-13(3)11/h10,12H,4-9H2,1-3H3. The summed E-state index contributed by atoms with van der Waals surface area (Å²) < 4.78 is 2.05. The lowest BCUT2D eigenvalue weighted by Crippen LogP contribution is -2.36. The van der Waals surface area contributed by atoms with Crippen molar-refractivity contribution in [3.63, 3.8) is 0 Å². The molecule has 0 aliphatic carbocycles.